The Morgan fingerprint density at radius 1 is 1.38 bits per heavy atom. The van der Waals surface area contributed by atoms with Crippen molar-refractivity contribution in [1.82, 2.24) is 19.5 Å². The fourth-order valence-electron chi connectivity index (χ4n) is 3.79. The van der Waals surface area contributed by atoms with Crippen molar-refractivity contribution < 1.29 is 29.1 Å². The first-order chi connectivity index (χ1) is 12.1. The lowest BCUT2D eigenvalue weighted by Gasteiger charge is -2.41. The van der Waals surface area contributed by atoms with Crippen LogP contribution < -0.4 is 5.73 Å². The smallest absolute Gasteiger partial charge is 0.389 e. The molecule has 13 heteroatoms. The number of imidazole rings is 1. The van der Waals surface area contributed by atoms with E-state index in [-0.39, 0.29) is 16.7 Å². The normalized spacial score (nSPS) is 33.4. The number of aliphatic hydroxyl groups excluding tert-OH is 2. The van der Waals surface area contributed by atoms with Crippen molar-refractivity contribution in [3.8, 4) is 0 Å². The van der Waals surface area contributed by atoms with Gasteiger partial charge in [-0.2, -0.15) is 9.97 Å². The number of nitrogen functional groups attached to an aromatic ring is 1. The van der Waals surface area contributed by atoms with Crippen LogP contribution in [-0.4, -0.2) is 58.3 Å². The zero-order chi connectivity index (χ0) is 18.9. The van der Waals surface area contributed by atoms with E-state index in [1.54, 1.807) is 12.2 Å². The number of nitrogens with two attached hydrogens (primary N) is 1. The lowest BCUT2D eigenvalue weighted by molar-refractivity contribution is -0.0361. The number of halogens is 1. The number of aliphatic hydroxyl groups is 2. The van der Waals surface area contributed by atoms with Crippen LogP contribution in [0, 0.1) is 11.3 Å². The fourth-order valence-corrected chi connectivity index (χ4v) is 4.35. The van der Waals surface area contributed by atoms with Crippen LogP contribution in [-0.2, 0) is 9.09 Å². The van der Waals surface area contributed by atoms with Gasteiger partial charge in [-0.05, 0) is 11.6 Å². The molecule has 1 saturated carbocycles. The number of hydrogen-bond acceptors (Lipinski definition) is 8. The van der Waals surface area contributed by atoms with Gasteiger partial charge in [0, 0.05) is 11.3 Å². The van der Waals surface area contributed by atoms with Crippen molar-refractivity contribution in [3.63, 3.8) is 0 Å². The van der Waals surface area contributed by atoms with Gasteiger partial charge in [-0.15, -0.1) is 0 Å². The highest BCUT2D eigenvalue weighted by atomic mass is 35.5. The minimum absolute atomic E-state index is 0.0760. The number of nitrogens with zero attached hydrogens (tertiary/aromatic N) is 4. The second kappa shape index (κ2) is 5.70. The molecule has 0 radical (unpaired) electrons. The zero-order valence-corrected chi connectivity index (χ0v) is 14.7. The van der Waals surface area contributed by atoms with Gasteiger partial charge in [-0.3, -0.25) is 4.52 Å². The Bertz CT molecular complexity index is 962. The molecule has 1 fully saturated rings. The van der Waals surface area contributed by atoms with E-state index in [0.29, 0.717) is 5.52 Å². The quantitative estimate of drug-likeness (QED) is 0.257. The van der Waals surface area contributed by atoms with Gasteiger partial charge in [-0.25, -0.2) is 9.55 Å². The van der Waals surface area contributed by atoms with E-state index in [9.17, 15) is 14.8 Å². The number of phosphoric acid groups is 1. The maximum atomic E-state index is 11.1. The topological polar surface area (TPSA) is 177 Å². The number of aromatic nitrogens is 4. The van der Waals surface area contributed by atoms with Crippen molar-refractivity contribution in [3.05, 3.63) is 23.8 Å². The Balaban J connectivity index is 1.75. The van der Waals surface area contributed by atoms with E-state index < -0.39 is 44.0 Å². The second-order valence-electron chi connectivity index (χ2n) is 6.39. The minimum atomic E-state index is -4.73. The third-order valence-corrected chi connectivity index (χ3v) is 5.69. The molecule has 0 bridgehead atoms. The predicted octanol–water partition coefficient (Wildman–Crippen LogP) is -0.380. The van der Waals surface area contributed by atoms with Crippen molar-refractivity contribution in [2.75, 3.05) is 12.3 Å². The molecule has 2 aromatic rings. The summed E-state index contributed by atoms with van der Waals surface area (Å²) < 4.78 is 17.2. The molecule has 140 valence electrons. The van der Waals surface area contributed by atoms with E-state index >= 15 is 0 Å². The third kappa shape index (κ3) is 2.48. The van der Waals surface area contributed by atoms with E-state index in [1.807, 2.05) is 0 Å². The lowest BCUT2D eigenvalue weighted by atomic mass is 9.68. The Hall–Kier alpha value is -1.59. The monoisotopic (exact) mass is 403 g/mol. The summed E-state index contributed by atoms with van der Waals surface area (Å²) >= 11 is 5.86. The molecule has 0 unspecified atom stereocenters. The van der Waals surface area contributed by atoms with Crippen molar-refractivity contribution in [2.24, 2.45) is 11.3 Å². The van der Waals surface area contributed by atoms with E-state index in [1.165, 1.54) is 10.9 Å². The molecule has 2 aliphatic rings. The molecule has 6 N–H and O–H groups in total. The molecule has 2 heterocycles. The van der Waals surface area contributed by atoms with Crippen LogP contribution in [0.25, 0.3) is 11.2 Å². The average Bonchev–Trinajstić information content (AvgIpc) is 2.98. The van der Waals surface area contributed by atoms with Gasteiger partial charge in [-0.1, -0.05) is 12.2 Å². The fraction of sp³-hybridized carbons (Fsp3) is 0.462. The maximum Gasteiger partial charge on any atom is 0.469 e. The van der Waals surface area contributed by atoms with Crippen LogP contribution in [0.1, 0.15) is 6.04 Å². The summed E-state index contributed by atoms with van der Waals surface area (Å²) in [5, 5.41) is 21.0. The van der Waals surface area contributed by atoms with Gasteiger partial charge in [0.05, 0.1) is 25.1 Å². The summed E-state index contributed by atoms with van der Waals surface area (Å²) in [5.74, 6) is -0.390. The van der Waals surface area contributed by atoms with Crippen molar-refractivity contribution in [2.45, 2.75) is 18.2 Å². The number of hydrogen-bond donors (Lipinski definition) is 5. The van der Waals surface area contributed by atoms with Crippen molar-refractivity contribution >= 4 is 36.4 Å². The highest BCUT2D eigenvalue weighted by Crippen LogP contribution is 2.58. The number of fused-ring (bicyclic) bond motifs is 2. The van der Waals surface area contributed by atoms with Gasteiger partial charge < -0.3 is 30.3 Å². The van der Waals surface area contributed by atoms with Crippen LogP contribution >= 0.6 is 19.4 Å². The van der Waals surface area contributed by atoms with E-state index in [0.717, 1.165) is 0 Å². The van der Waals surface area contributed by atoms with Crippen LogP contribution in [0.15, 0.2) is 18.5 Å². The lowest BCUT2D eigenvalue weighted by Crippen LogP contribution is -2.44. The molecule has 0 aliphatic heterocycles. The number of anilines is 1. The first-order valence-electron chi connectivity index (χ1n) is 7.55. The molecule has 0 aromatic carbocycles. The van der Waals surface area contributed by atoms with Crippen LogP contribution in [0.5, 0.6) is 0 Å². The first kappa shape index (κ1) is 17.8. The predicted molar refractivity (Wildman–Crippen MR) is 88.9 cm³/mol. The highest BCUT2D eigenvalue weighted by molar-refractivity contribution is 7.46. The molecule has 2 aliphatic carbocycles. The molecule has 2 aromatic heterocycles. The first-order valence-corrected chi connectivity index (χ1v) is 9.46. The molecular weight excluding hydrogens is 389 g/mol. The highest BCUT2D eigenvalue weighted by Gasteiger charge is 2.63. The summed E-state index contributed by atoms with van der Waals surface area (Å²) in [7, 11) is -4.73. The Morgan fingerprint density at radius 3 is 2.73 bits per heavy atom. The summed E-state index contributed by atoms with van der Waals surface area (Å²) in [4.78, 5) is 30.0. The van der Waals surface area contributed by atoms with Crippen LogP contribution in [0.4, 0.5) is 5.82 Å². The summed E-state index contributed by atoms with van der Waals surface area (Å²) in [6, 6.07) is -0.703. The molecule has 4 rings (SSSR count). The SMILES string of the molecule is Nc1nc(Cl)nc2c1ncn2[C@H]1[C@H](O)[C@H](O)[C@]2(COP(=O)(O)O)C=C[C@H]12. The van der Waals surface area contributed by atoms with Crippen molar-refractivity contribution in [1.29, 1.82) is 0 Å². The molecular formula is C13H15ClN5O6P. The van der Waals surface area contributed by atoms with Crippen LogP contribution in [0.2, 0.25) is 5.28 Å². The number of phosphoric ester groups is 1. The largest absolute Gasteiger partial charge is 0.469 e. The van der Waals surface area contributed by atoms with E-state index in [2.05, 4.69) is 19.5 Å². The Kier molecular flexibility index (Phi) is 3.90. The average molecular weight is 404 g/mol. The standard InChI is InChI=1S/C13H15ClN5O6P/c14-12-17-10(15)6-11(18-12)19(4-16-6)7-5-1-2-13(5,9(21)8(7)20)3-25-26(22,23)24/h1-2,4-5,7-9,20-21H,3H2,(H2,15,17,18)(H2,22,23,24)/t5-,7-,8+,9+,13+/m1/s1. The second-order valence-corrected chi connectivity index (χ2v) is 7.97. The number of allylic oxidation sites excluding steroid dienone is 1. The number of rotatable bonds is 4. The Morgan fingerprint density at radius 2 is 2.12 bits per heavy atom. The van der Waals surface area contributed by atoms with Gasteiger partial charge in [0.15, 0.2) is 11.5 Å². The molecule has 11 nitrogen and oxygen atoms in total. The van der Waals surface area contributed by atoms with Crippen LogP contribution in [0.3, 0.4) is 0 Å². The molecule has 0 spiro atoms. The van der Waals surface area contributed by atoms with E-state index in [4.69, 9.17) is 27.1 Å². The zero-order valence-electron chi connectivity index (χ0n) is 13.0. The summed E-state index contributed by atoms with van der Waals surface area (Å²) in [5.41, 5.74) is 5.23. The molecule has 5 atom stereocenters. The van der Waals surface area contributed by atoms with Gasteiger partial charge in [0.25, 0.3) is 0 Å². The summed E-state index contributed by atoms with van der Waals surface area (Å²) in [6.07, 6.45) is 2.14. The Labute approximate surface area is 151 Å². The van der Waals surface area contributed by atoms with Gasteiger partial charge in [0.2, 0.25) is 5.28 Å². The maximum absolute atomic E-state index is 11.1. The summed E-state index contributed by atoms with van der Waals surface area (Å²) in [6.45, 7) is -0.447. The molecule has 0 amide bonds. The molecule has 26 heavy (non-hydrogen) atoms. The van der Waals surface area contributed by atoms with Gasteiger partial charge in [0.1, 0.15) is 11.6 Å². The minimum Gasteiger partial charge on any atom is -0.389 e. The third-order valence-electron chi connectivity index (χ3n) is 5.05. The molecule has 0 saturated heterocycles. The van der Waals surface area contributed by atoms with Gasteiger partial charge >= 0.3 is 7.82 Å².